The van der Waals surface area contributed by atoms with E-state index in [1.807, 2.05) is 0 Å². The molecule has 1 aromatic rings. The van der Waals surface area contributed by atoms with Gasteiger partial charge in [-0.15, -0.1) is 0 Å². The summed E-state index contributed by atoms with van der Waals surface area (Å²) < 4.78 is 0. The molecule has 1 unspecified atom stereocenters. The molecule has 0 aliphatic carbocycles. The van der Waals surface area contributed by atoms with E-state index in [1.54, 1.807) is 36.4 Å². The number of nitriles is 2. The van der Waals surface area contributed by atoms with Gasteiger partial charge in [-0.05, 0) is 17.7 Å². The molecule has 8 heteroatoms. The number of carboxylic acids is 1. The van der Waals surface area contributed by atoms with E-state index in [9.17, 15) is 9.59 Å². The monoisotopic (exact) mass is 299 g/mol. The molecule has 112 valence electrons. The molecule has 1 aromatic carbocycles. The first kappa shape index (κ1) is 16.7. The highest BCUT2D eigenvalue weighted by Crippen LogP contribution is 2.11. The maximum absolute atomic E-state index is 11.0. The number of carbonyl (C=O) groups is 2. The van der Waals surface area contributed by atoms with E-state index in [0.717, 1.165) is 0 Å². The minimum absolute atomic E-state index is 0.139. The molecule has 3 N–H and O–H groups in total. The Morgan fingerprint density at radius 3 is 2.32 bits per heavy atom. The molecule has 0 aliphatic rings. The average Bonchev–Trinajstić information content (AvgIpc) is 2.48. The van der Waals surface area contributed by atoms with Crippen molar-refractivity contribution >= 4 is 23.3 Å². The molecule has 0 heterocycles. The van der Waals surface area contributed by atoms with Gasteiger partial charge >= 0.3 is 5.97 Å². The number of nitrogens with zero attached hydrogens (tertiary/aromatic N) is 3. The van der Waals surface area contributed by atoms with Crippen molar-refractivity contribution in [1.29, 1.82) is 10.5 Å². The van der Waals surface area contributed by atoms with E-state index in [0.29, 0.717) is 11.3 Å². The molecule has 1 atom stereocenters. The molecule has 0 aliphatic heterocycles. The highest BCUT2D eigenvalue weighted by atomic mass is 16.4. The maximum atomic E-state index is 11.0. The average molecular weight is 299 g/mol. The molecule has 0 aromatic heterocycles. The predicted octanol–water partition coefficient (Wildman–Crippen LogP) is 0.633. The van der Waals surface area contributed by atoms with E-state index in [1.165, 1.54) is 6.92 Å². The van der Waals surface area contributed by atoms with E-state index in [2.05, 4.69) is 15.8 Å². The lowest BCUT2D eigenvalue weighted by Gasteiger charge is -2.13. The molecule has 0 fully saturated rings. The fourth-order valence-electron chi connectivity index (χ4n) is 1.59. The maximum Gasteiger partial charge on any atom is 0.326 e. The van der Waals surface area contributed by atoms with Crippen molar-refractivity contribution < 1.29 is 14.7 Å². The van der Waals surface area contributed by atoms with Gasteiger partial charge in [-0.2, -0.15) is 15.6 Å². The molecule has 0 radical (unpaired) electrons. The minimum Gasteiger partial charge on any atom is -0.480 e. The summed E-state index contributed by atoms with van der Waals surface area (Å²) in [6.07, 6.45) is 0.139. The van der Waals surface area contributed by atoms with E-state index in [4.69, 9.17) is 15.6 Å². The van der Waals surface area contributed by atoms with Crippen LogP contribution in [0.25, 0.3) is 0 Å². The molecule has 0 saturated heterocycles. The van der Waals surface area contributed by atoms with Gasteiger partial charge < -0.3 is 10.4 Å². The highest BCUT2D eigenvalue weighted by Gasteiger charge is 2.18. The standard InChI is InChI=1S/C14H13N5O3/c1-9(20)17-13(14(21)22)6-10-2-4-11(5-3-10)18-19-12(7-15)8-16/h2-5,13,18H,6H2,1H3,(H,17,20)(H,21,22). The summed E-state index contributed by atoms with van der Waals surface area (Å²) in [5.74, 6) is -1.53. The number of carbonyl (C=O) groups excluding carboxylic acids is 1. The van der Waals surface area contributed by atoms with E-state index in [-0.39, 0.29) is 12.1 Å². The second kappa shape index (κ2) is 8.02. The van der Waals surface area contributed by atoms with Crippen LogP contribution in [-0.2, 0) is 16.0 Å². The lowest BCUT2D eigenvalue weighted by Crippen LogP contribution is -2.41. The van der Waals surface area contributed by atoms with Crippen molar-refractivity contribution in [2.45, 2.75) is 19.4 Å². The van der Waals surface area contributed by atoms with Crippen LogP contribution in [0.3, 0.4) is 0 Å². The highest BCUT2D eigenvalue weighted by molar-refractivity contribution is 6.10. The Bertz CT molecular complexity index is 651. The second-order valence-corrected chi connectivity index (χ2v) is 4.29. The summed E-state index contributed by atoms with van der Waals surface area (Å²) in [5.41, 5.74) is 3.48. The third kappa shape index (κ3) is 5.31. The molecule has 0 spiro atoms. The van der Waals surface area contributed by atoms with Crippen molar-refractivity contribution in [2.75, 3.05) is 5.43 Å². The third-order valence-electron chi connectivity index (χ3n) is 2.58. The zero-order chi connectivity index (χ0) is 16.5. The number of hydrazone groups is 1. The first-order valence-corrected chi connectivity index (χ1v) is 6.19. The third-order valence-corrected chi connectivity index (χ3v) is 2.58. The van der Waals surface area contributed by atoms with Crippen molar-refractivity contribution in [3.05, 3.63) is 29.8 Å². The smallest absolute Gasteiger partial charge is 0.326 e. The van der Waals surface area contributed by atoms with Crippen molar-refractivity contribution in [1.82, 2.24) is 5.32 Å². The summed E-state index contributed by atoms with van der Waals surface area (Å²) in [5, 5.41) is 32.0. The Labute approximate surface area is 126 Å². The molecule has 22 heavy (non-hydrogen) atoms. The number of rotatable bonds is 6. The number of carboxylic acid groups (broad SMARTS) is 1. The van der Waals surface area contributed by atoms with Gasteiger partial charge in [-0.1, -0.05) is 12.1 Å². The number of hydrogen-bond acceptors (Lipinski definition) is 6. The molecule has 0 saturated carbocycles. The van der Waals surface area contributed by atoms with Gasteiger partial charge in [0.2, 0.25) is 11.6 Å². The normalized spacial score (nSPS) is 10.5. The molecule has 8 nitrogen and oxygen atoms in total. The van der Waals surface area contributed by atoms with Crippen LogP contribution < -0.4 is 10.7 Å². The van der Waals surface area contributed by atoms with Crippen LogP contribution in [0.5, 0.6) is 0 Å². The minimum atomic E-state index is -1.12. The molecular weight excluding hydrogens is 286 g/mol. The van der Waals surface area contributed by atoms with Gasteiger partial charge in [0.1, 0.15) is 18.2 Å². The Morgan fingerprint density at radius 2 is 1.86 bits per heavy atom. The SMILES string of the molecule is CC(=O)NC(Cc1ccc(NN=C(C#N)C#N)cc1)C(=O)O. The quantitative estimate of drug-likeness (QED) is 0.520. The summed E-state index contributed by atoms with van der Waals surface area (Å²) in [7, 11) is 0. The predicted molar refractivity (Wildman–Crippen MR) is 77.7 cm³/mol. The molecule has 0 bridgehead atoms. The Hall–Kier alpha value is -3.39. The van der Waals surface area contributed by atoms with Crippen LogP contribution in [0.15, 0.2) is 29.4 Å². The van der Waals surface area contributed by atoms with Gasteiger partial charge in [-0.25, -0.2) is 4.79 Å². The number of amides is 1. The van der Waals surface area contributed by atoms with Crippen molar-refractivity contribution in [3.63, 3.8) is 0 Å². The second-order valence-electron chi connectivity index (χ2n) is 4.29. The first-order valence-electron chi connectivity index (χ1n) is 6.19. The molecule has 1 rings (SSSR count). The first-order chi connectivity index (χ1) is 10.5. The van der Waals surface area contributed by atoms with Gasteiger partial charge in [0.15, 0.2) is 0 Å². The number of nitrogens with one attached hydrogen (secondary N) is 2. The lowest BCUT2D eigenvalue weighted by atomic mass is 10.1. The van der Waals surface area contributed by atoms with Gasteiger partial charge in [0.05, 0.1) is 5.69 Å². The summed E-state index contributed by atoms with van der Waals surface area (Å²) in [4.78, 5) is 22.0. The van der Waals surface area contributed by atoms with Crippen LogP contribution in [0, 0.1) is 22.7 Å². The van der Waals surface area contributed by atoms with Crippen LogP contribution in [0.4, 0.5) is 5.69 Å². The Kier molecular flexibility index (Phi) is 6.08. The van der Waals surface area contributed by atoms with Crippen molar-refractivity contribution in [3.8, 4) is 12.1 Å². The summed E-state index contributed by atoms with van der Waals surface area (Å²) >= 11 is 0. The van der Waals surface area contributed by atoms with Gasteiger partial charge in [0, 0.05) is 13.3 Å². The molecule has 1 amide bonds. The van der Waals surface area contributed by atoms with E-state index < -0.39 is 17.9 Å². The Balaban J connectivity index is 2.74. The zero-order valence-corrected chi connectivity index (χ0v) is 11.7. The van der Waals surface area contributed by atoms with Crippen LogP contribution in [0.1, 0.15) is 12.5 Å². The number of aliphatic carboxylic acids is 1. The summed E-state index contributed by atoms with van der Waals surface area (Å²) in [6.45, 7) is 1.25. The lowest BCUT2D eigenvalue weighted by molar-refractivity contribution is -0.141. The topological polar surface area (TPSA) is 138 Å². The fourth-order valence-corrected chi connectivity index (χ4v) is 1.59. The summed E-state index contributed by atoms with van der Waals surface area (Å²) in [6, 6.07) is 8.79. The number of anilines is 1. The van der Waals surface area contributed by atoms with E-state index >= 15 is 0 Å². The van der Waals surface area contributed by atoms with Crippen LogP contribution in [-0.4, -0.2) is 28.7 Å². The zero-order valence-electron chi connectivity index (χ0n) is 11.7. The Morgan fingerprint density at radius 1 is 1.27 bits per heavy atom. The number of benzene rings is 1. The fraction of sp³-hybridized carbons (Fsp3) is 0.214. The van der Waals surface area contributed by atoms with Crippen molar-refractivity contribution in [2.24, 2.45) is 5.10 Å². The number of hydrogen-bond donors (Lipinski definition) is 3. The van der Waals surface area contributed by atoms with Crippen LogP contribution in [0.2, 0.25) is 0 Å². The van der Waals surface area contributed by atoms with Crippen LogP contribution >= 0.6 is 0 Å². The molecular formula is C14H13N5O3. The van der Waals surface area contributed by atoms with Gasteiger partial charge in [0.25, 0.3) is 0 Å². The largest absolute Gasteiger partial charge is 0.480 e. The van der Waals surface area contributed by atoms with Gasteiger partial charge in [-0.3, -0.25) is 10.2 Å².